The van der Waals surface area contributed by atoms with Crippen molar-refractivity contribution in [2.24, 2.45) is 5.73 Å². The fourth-order valence-corrected chi connectivity index (χ4v) is 2.24. The maximum absolute atomic E-state index is 13.2. The summed E-state index contributed by atoms with van der Waals surface area (Å²) in [5.41, 5.74) is 9.11. The number of halogens is 2. The van der Waals surface area contributed by atoms with Gasteiger partial charge in [0.25, 0.3) is 0 Å². The highest BCUT2D eigenvalue weighted by molar-refractivity contribution is 6.31. The van der Waals surface area contributed by atoms with E-state index in [-0.39, 0.29) is 11.9 Å². The molecular weight excluding hydrogens is 249 g/mol. The Bertz CT molecular complexity index is 554. The van der Waals surface area contributed by atoms with Gasteiger partial charge in [0.15, 0.2) is 0 Å². The summed E-state index contributed by atoms with van der Waals surface area (Å²) in [6.45, 7) is 2.04. The molecule has 3 heteroatoms. The Labute approximate surface area is 111 Å². The largest absolute Gasteiger partial charge is 0.324 e. The lowest BCUT2D eigenvalue weighted by molar-refractivity contribution is 0.618. The minimum Gasteiger partial charge on any atom is -0.324 e. The van der Waals surface area contributed by atoms with Gasteiger partial charge in [-0.25, -0.2) is 4.39 Å². The molecule has 0 spiro atoms. The molecule has 0 aromatic heterocycles. The molecule has 2 N–H and O–H groups in total. The summed E-state index contributed by atoms with van der Waals surface area (Å²) in [6, 6.07) is 12.0. The van der Waals surface area contributed by atoms with E-state index in [4.69, 9.17) is 17.3 Å². The summed E-state index contributed by atoms with van der Waals surface area (Å²) < 4.78 is 13.2. The van der Waals surface area contributed by atoms with E-state index in [1.165, 1.54) is 17.7 Å². The lowest BCUT2D eigenvalue weighted by Gasteiger charge is -2.15. The number of hydrogen-bond donors (Lipinski definition) is 1. The van der Waals surface area contributed by atoms with Crippen molar-refractivity contribution >= 4 is 11.6 Å². The van der Waals surface area contributed by atoms with E-state index in [2.05, 4.69) is 0 Å². The van der Waals surface area contributed by atoms with Crippen molar-refractivity contribution < 1.29 is 4.39 Å². The topological polar surface area (TPSA) is 26.0 Å². The molecule has 0 aliphatic carbocycles. The first-order valence-corrected chi connectivity index (χ1v) is 6.21. The fraction of sp³-hybridized carbons (Fsp3) is 0.200. The Kier molecular flexibility index (Phi) is 4.00. The number of aryl methyl sites for hydroxylation is 1. The van der Waals surface area contributed by atoms with Crippen molar-refractivity contribution in [2.45, 2.75) is 19.4 Å². The molecule has 0 radical (unpaired) electrons. The van der Waals surface area contributed by atoms with Gasteiger partial charge in [-0.15, -0.1) is 0 Å². The summed E-state index contributed by atoms with van der Waals surface area (Å²) in [5, 5.41) is 0.512. The predicted octanol–water partition coefficient (Wildman–Crippen LogP) is 4.03. The van der Waals surface area contributed by atoms with E-state index in [0.717, 1.165) is 5.56 Å². The molecule has 2 rings (SSSR count). The van der Waals surface area contributed by atoms with Crippen LogP contribution >= 0.6 is 11.6 Å². The average Bonchev–Trinajstić information content (AvgIpc) is 2.35. The molecule has 1 nitrogen and oxygen atoms in total. The van der Waals surface area contributed by atoms with E-state index in [1.54, 1.807) is 6.07 Å². The summed E-state index contributed by atoms with van der Waals surface area (Å²) in [6.07, 6.45) is 0.649. The Hall–Kier alpha value is -1.38. The maximum Gasteiger partial charge on any atom is 0.123 e. The summed E-state index contributed by atoms with van der Waals surface area (Å²) in [7, 11) is 0. The van der Waals surface area contributed by atoms with Gasteiger partial charge in [-0.05, 0) is 48.2 Å². The molecule has 0 bridgehead atoms. The van der Waals surface area contributed by atoms with Crippen LogP contribution in [0, 0.1) is 12.7 Å². The molecular formula is C15H15ClFN. The van der Waals surface area contributed by atoms with Gasteiger partial charge in [0.05, 0.1) is 0 Å². The summed E-state index contributed by atoms with van der Waals surface area (Å²) in [5.74, 6) is -0.311. The zero-order chi connectivity index (χ0) is 13.1. The normalized spacial score (nSPS) is 12.4. The molecule has 0 heterocycles. The lowest BCUT2D eigenvalue weighted by atomic mass is 9.97. The average molecular weight is 264 g/mol. The Morgan fingerprint density at radius 2 is 1.94 bits per heavy atom. The van der Waals surface area contributed by atoms with Crippen LogP contribution in [-0.4, -0.2) is 0 Å². The van der Waals surface area contributed by atoms with Crippen LogP contribution in [0.1, 0.15) is 22.7 Å². The van der Waals surface area contributed by atoms with Crippen LogP contribution in [0.15, 0.2) is 42.5 Å². The summed E-state index contributed by atoms with van der Waals surface area (Å²) >= 11 is 6.05. The van der Waals surface area contributed by atoms with Crippen LogP contribution in [0.3, 0.4) is 0 Å². The van der Waals surface area contributed by atoms with E-state index in [1.807, 2.05) is 31.2 Å². The molecule has 94 valence electrons. The van der Waals surface area contributed by atoms with Crippen LogP contribution in [0.5, 0.6) is 0 Å². The molecule has 0 fully saturated rings. The first-order valence-electron chi connectivity index (χ1n) is 5.83. The quantitative estimate of drug-likeness (QED) is 0.889. The third kappa shape index (κ3) is 2.89. The number of nitrogens with two attached hydrogens (primary N) is 1. The molecule has 0 amide bonds. The van der Waals surface area contributed by atoms with Crippen molar-refractivity contribution in [1.82, 2.24) is 0 Å². The SMILES string of the molecule is Cc1ccccc1CC(N)c1cc(F)ccc1Cl. The Morgan fingerprint density at radius 3 is 2.67 bits per heavy atom. The van der Waals surface area contributed by atoms with Gasteiger partial charge >= 0.3 is 0 Å². The highest BCUT2D eigenvalue weighted by Crippen LogP contribution is 2.25. The van der Waals surface area contributed by atoms with Crippen LogP contribution < -0.4 is 5.73 Å². The minimum atomic E-state index is -0.311. The second kappa shape index (κ2) is 5.51. The summed E-state index contributed by atoms with van der Waals surface area (Å²) in [4.78, 5) is 0. The van der Waals surface area contributed by atoms with Gasteiger partial charge in [-0.3, -0.25) is 0 Å². The molecule has 0 aliphatic heterocycles. The van der Waals surface area contributed by atoms with E-state index in [9.17, 15) is 4.39 Å². The zero-order valence-electron chi connectivity index (χ0n) is 10.2. The first-order chi connectivity index (χ1) is 8.58. The van der Waals surface area contributed by atoms with Crippen LogP contribution in [0.2, 0.25) is 5.02 Å². The molecule has 1 unspecified atom stereocenters. The van der Waals surface area contributed by atoms with Gasteiger partial charge in [0.2, 0.25) is 0 Å². The fourth-order valence-electron chi connectivity index (χ4n) is 1.98. The van der Waals surface area contributed by atoms with Gasteiger partial charge in [-0.2, -0.15) is 0 Å². The molecule has 0 saturated carbocycles. The molecule has 2 aromatic carbocycles. The second-order valence-electron chi connectivity index (χ2n) is 4.40. The first kappa shape index (κ1) is 13.1. The van der Waals surface area contributed by atoms with Gasteiger partial charge in [-0.1, -0.05) is 35.9 Å². The van der Waals surface area contributed by atoms with Crippen LogP contribution in [0.25, 0.3) is 0 Å². The highest BCUT2D eigenvalue weighted by atomic mass is 35.5. The van der Waals surface area contributed by atoms with Crippen LogP contribution in [0.4, 0.5) is 4.39 Å². The van der Waals surface area contributed by atoms with E-state index < -0.39 is 0 Å². The predicted molar refractivity (Wildman–Crippen MR) is 73.2 cm³/mol. The molecule has 0 saturated heterocycles. The molecule has 0 aliphatic rings. The monoisotopic (exact) mass is 263 g/mol. The van der Waals surface area contributed by atoms with Crippen LogP contribution in [-0.2, 0) is 6.42 Å². The Balaban J connectivity index is 2.25. The van der Waals surface area contributed by atoms with Gasteiger partial charge < -0.3 is 5.73 Å². The van der Waals surface area contributed by atoms with Gasteiger partial charge in [0.1, 0.15) is 5.82 Å². The third-order valence-corrected chi connectivity index (χ3v) is 3.40. The number of hydrogen-bond acceptors (Lipinski definition) is 1. The molecule has 1 atom stereocenters. The molecule has 18 heavy (non-hydrogen) atoms. The minimum absolute atomic E-state index is 0.297. The Morgan fingerprint density at radius 1 is 1.22 bits per heavy atom. The molecule has 2 aromatic rings. The standard InChI is InChI=1S/C15H15ClFN/c1-10-4-2-3-5-11(10)8-15(18)13-9-12(17)6-7-14(13)16/h2-7,9,15H,8,18H2,1H3. The third-order valence-electron chi connectivity index (χ3n) is 3.06. The zero-order valence-corrected chi connectivity index (χ0v) is 10.9. The number of benzene rings is 2. The highest BCUT2D eigenvalue weighted by Gasteiger charge is 2.12. The number of rotatable bonds is 3. The van der Waals surface area contributed by atoms with Gasteiger partial charge in [0, 0.05) is 11.1 Å². The van der Waals surface area contributed by atoms with Crippen molar-refractivity contribution in [3.05, 3.63) is 70.0 Å². The lowest BCUT2D eigenvalue weighted by Crippen LogP contribution is -2.14. The smallest absolute Gasteiger partial charge is 0.123 e. The van der Waals surface area contributed by atoms with E-state index in [0.29, 0.717) is 17.0 Å². The maximum atomic E-state index is 13.2. The van der Waals surface area contributed by atoms with Crippen molar-refractivity contribution in [2.75, 3.05) is 0 Å². The van der Waals surface area contributed by atoms with Crippen molar-refractivity contribution in [1.29, 1.82) is 0 Å². The second-order valence-corrected chi connectivity index (χ2v) is 4.81. The van der Waals surface area contributed by atoms with E-state index >= 15 is 0 Å². The van der Waals surface area contributed by atoms with Crippen molar-refractivity contribution in [3.63, 3.8) is 0 Å². The van der Waals surface area contributed by atoms with Crippen molar-refractivity contribution in [3.8, 4) is 0 Å².